The molecule has 2 rings (SSSR count). The lowest BCUT2D eigenvalue weighted by atomic mass is 10.2. The highest BCUT2D eigenvalue weighted by molar-refractivity contribution is 5.78. The number of rotatable bonds is 5. The van der Waals surface area contributed by atoms with Gasteiger partial charge in [-0.1, -0.05) is 18.2 Å². The normalized spacial score (nSPS) is 14.5. The van der Waals surface area contributed by atoms with Crippen LogP contribution in [0.15, 0.2) is 24.3 Å². The fraction of sp³-hybridized carbons (Fsp3) is 0.500. The maximum atomic E-state index is 12.1. The molecule has 1 heterocycles. The van der Waals surface area contributed by atoms with Gasteiger partial charge in [0.05, 0.1) is 19.7 Å². The van der Waals surface area contributed by atoms with Gasteiger partial charge in [-0.15, -0.1) is 0 Å². The first-order valence-corrected chi connectivity index (χ1v) is 6.49. The number of carbonyl (C=O) groups is 1. The molecule has 0 aliphatic carbocycles. The van der Waals surface area contributed by atoms with Crippen molar-refractivity contribution < 1.29 is 14.3 Å². The molecule has 1 aromatic carbocycles. The standard InChI is InChI=1S/C14H20N2O3/c1-18-8-6-15-10-14(17)16-7-9-19-13-5-3-2-4-12(13)11-16/h2-5,15H,6-11H2,1H3. The largest absolute Gasteiger partial charge is 0.491 e. The van der Waals surface area contributed by atoms with E-state index in [1.165, 1.54) is 0 Å². The average molecular weight is 264 g/mol. The van der Waals surface area contributed by atoms with Crippen molar-refractivity contribution in [1.82, 2.24) is 10.2 Å². The number of para-hydroxylation sites is 1. The fourth-order valence-corrected chi connectivity index (χ4v) is 2.02. The van der Waals surface area contributed by atoms with Crippen molar-refractivity contribution in [2.45, 2.75) is 6.54 Å². The van der Waals surface area contributed by atoms with Crippen LogP contribution in [-0.2, 0) is 16.1 Å². The van der Waals surface area contributed by atoms with E-state index in [-0.39, 0.29) is 5.91 Å². The Morgan fingerprint density at radius 1 is 1.47 bits per heavy atom. The average Bonchev–Trinajstić information content (AvgIpc) is 2.65. The molecular formula is C14H20N2O3. The molecule has 1 aromatic rings. The highest BCUT2D eigenvalue weighted by atomic mass is 16.5. The third-order valence-electron chi connectivity index (χ3n) is 3.06. The Labute approximate surface area is 113 Å². The Kier molecular flexibility index (Phi) is 5.18. The van der Waals surface area contributed by atoms with Gasteiger partial charge in [-0.25, -0.2) is 0 Å². The maximum Gasteiger partial charge on any atom is 0.236 e. The Bertz CT molecular complexity index is 423. The predicted molar refractivity (Wildman–Crippen MR) is 72.1 cm³/mol. The number of carbonyl (C=O) groups excluding carboxylic acids is 1. The van der Waals surface area contributed by atoms with Gasteiger partial charge in [0.2, 0.25) is 5.91 Å². The van der Waals surface area contributed by atoms with Gasteiger partial charge in [0, 0.05) is 25.8 Å². The molecule has 104 valence electrons. The molecule has 1 aliphatic heterocycles. The number of ether oxygens (including phenoxy) is 2. The molecule has 1 aliphatic rings. The first-order valence-electron chi connectivity index (χ1n) is 6.49. The lowest BCUT2D eigenvalue weighted by Gasteiger charge is -2.20. The van der Waals surface area contributed by atoms with Crippen molar-refractivity contribution in [3.05, 3.63) is 29.8 Å². The van der Waals surface area contributed by atoms with Gasteiger partial charge >= 0.3 is 0 Å². The minimum atomic E-state index is 0.0939. The zero-order valence-corrected chi connectivity index (χ0v) is 11.2. The molecule has 1 amide bonds. The van der Waals surface area contributed by atoms with Gasteiger partial charge in [-0.3, -0.25) is 4.79 Å². The number of nitrogens with zero attached hydrogens (tertiary/aromatic N) is 1. The Morgan fingerprint density at radius 2 is 2.32 bits per heavy atom. The number of benzene rings is 1. The van der Waals surface area contributed by atoms with Crippen LogP contribution in [0.5, 0.6) is 5.75 Å². The molecule has 0 atom stereocenters. The molecule has 0 unspecified atom stereocenters. The molecule has 0 saturated heterocycles. The Morgan fingerprint density at radius 3 is 3.16 bits per heavy atom. The summed E-state index contributed by atoms with van der Waals surface area (Å²) in [5.74, 6) is 0.974. The Balaban J connectivity index is 1.89. The number of hydrogen-bond donors (Lipinski definition) is 1. The first kappa shape index (κ1) is 13.8. The second kappa shape index (κ2) is 7.11. The van der Waals surface area contributed by atoms with Crippen LogP contribution in [0.3, 0.4) is 0 Å². The van der Waals surface area contributed by atoms with Crippen LogP contribution in [0, 0.1) is 0 Å². The summed E-state index contributed by atoms with van der Waals surface area (Å²) >= 11 is 0. The van der Waals surface area contributed by atoms with Crippen molar-refractivity contribution in [3.63, 3.8) is 0 Å². The number of nitrogens with one attached hydrogen (secondary N) is 1. The van der Waals surface area contributed by atoms with Gasteiger partial charge in [0.1, 0.15) is 12.4 Å². The summed E-state index contributed by atoms with van der Waals surface area (Å²) in [5, 5.41) is 3.07. The molecule has 0 fully saturated rings. The van der Waals surface area contributed by atoms with E-state index < -0.39 is 0 Å². The molecular weight excluding hydrogens is 244 g/mol. The van der Waals surface area contributed by atoms with Crippen molar-refractivity contribution in [2.75, 3.05) is 40.0 Å². The summed E-state index contributed by atoms with van der Waals surface area (Å²) in [6.07, 6.45) is 0. The lowest BCUT2D eigenvalue weighted by molar-refractivity contribution is -0.131. The molecule has 5 nitrogen and oxygen atoms in total. The van der Waals surface area contributed by atoms with Crippen LogP contribution < -0.4 is 10.1 Å². The van der Waals surface area contributed by atoms with Crippen LogP contribution >= 0.6 is 0 Å². The van der Waals surface area contributed by atoms with Crippen LogP contribution in [0.4, 0.5) is 0 Å². The van der Waals surface area contributed by atoms with Crippen LogP contribution in [0.25, 0.3) is 0 Å². The smallest absolute Gasteiger partial charge is 0.236 e. The maximum absolute atomic E-state index is 12.1. The third-order valence-corrected chi connectivity index (χ3v) is 3.06. The summed E-state index contributed by atoms with van der Waals surface area (Å²) in [4.78, 5) is 13.9. The number of methoxy groups -OCH3 is 1. The van der Waals surface area contributed by atoms with E-state index in [0.29, 0.717) is 39.4 Å². The van der Waals surface area contributed by atoms with E-state index in [1.807, 2.05) is 29.2 Å². The number of amides is 1. The quantitative estimate of drug-likeness (QED) is 0.793. The van der Waals surface area contributed by atoms with Crippen LogP contribution in [0.1, 0.15) is 5.56 Å². The van der Waals surface area contributed by atoms with Gasteiger partial charge in [-0.05, 0) is 6.07 Å². The van der Waals surface area contributed by atoms with Crippen molar-refractivity contribution in [1.29, 1.82) is 0 Å². The first-order chi connectivity index (χ1) is 9.31. The Hall–Kier alpha value is -1.59. The molecule has 19 heavy (non-hydrogen) atoms. The van der Waals surface area contributed by atoms with Crippen LogP contribution in [0.2, 0.25) is 0 Å². The monoisotopic (exact) mass is 264 g/mol. The van der Waals surface area contributed by atoms with E-state index in [1.54, 1.807) is 7.11 Å². The van der Waals surface area contributed by atoms with Crippen LogP contribution in [-0.4, -0.2) is 50.8 Å². The molecule has 0 bridgehead atoms. The molecule has 1 N–H and O–H groups in total. The topological polar surface area (TPSA) is 50.8 Å². The fourth-order valence-electron chi connectivity index (χ4n) is 2.02. The van der Waals surface area contributed by atoms with E-state index in [0.717, 1.165) is 11.3 Å². The zero-order chi connectivity index (χ0) is 13.5. The second-order valence-electron chi connectivity index (χ2n) is 4.44. The van der Waals surface area contributed by atoms with Gasteiger partial charge in [0.25, 0.3) is 0 Å². The number of fused-ring (bicyclic) bond motifs is 1. The highest BCUT2D eigenvalue weighted by Crippen LogP contribution is 2.22. The summed E-state index contributed by atoms with van der Waals surface area (Å²) in [5.41, 5.74) is 1.06. The molecule has 0 radical (unpaired) electrons. The van der Waals surface area contributed by atoms with E-state index >= 15 is 0 Å². The number of hydrogen-bond acceptors (Lipinski definition) is 4. The van der Waals surface area contributed by atoms with Gasteiger partial charge in [-0.2, -0.15) is 0 Å². The molecule has 0 saturated carbocycles. The minimum Gasteiger partial charge on any atom is -0.491 e. The highest BCUT2D eigenvalue weighted by Gasteiger charge is 2.18. The minimum absolute atomic E-state index is 0.0939. The van der Waals surface area contributed by atoms with Crippen molar-refractivity contribution in [3.8, 4) is 5.75 Å². The van der Waals surface area contributed by atoms with Gasteiger partial charge in [0.15, 0.2) is 0 Å². The third kappa shape index (κ3) is 3.94. The van der Waals surface area contributed by atoms with E-state index in [4.69, 9.17) is 9.47 Å². The van der Waals surface area contributed by atoms with Gasteiger partial charge < -0.3 is 19.7 Å². The molecule has 5 heteroatoms. The van der Waals surface area contributed by atoms with Crippen molar-refractivity contribution in [2.24, 2.45) is 0 Å². The molecule has 0 aromatic heterocycles. The summed E-state index contributed by atoms with van der Waals surface area (Å²) in [6, 6.07) is 7.86. The lowest BCUT2D eigenvalue weighted by Crippen LogP contribution is -2.39. The SMILES string of the molecule is COCCNCC(=O)N1CCOc2ccccc2C1. The zero-order valence-electron chi connectivity index (χ0n) is 11.2. The second-order valence-corrected chi connectivity index (χ2v) is 4.44. The summed E-state index contributed by atoms with van der Waals surface area (Å²) in [6.45, 7) is 3.41. The molecule has 0 spiro atoms. The van der Waals surface area contributed by atoms with Crippen molar-refractivity contribution >= 4 is 5.91 Å². The van der Waals surface area contributed by atoms with E-state index in [9.17, 15) is 4.79 Å². The summed E-state index contributed by atoms with van der Waals surface area (Å²) in [7, 11) is 1.65. The summed E-state index contributed by atoms with van der Waals surface area (Å²) < 4.78 is 10.6. The van der Waals surface area contributed by atoms with E-state index in [2.05, 4.69) is 5.32 Å². The predicted octanol–water partition coefficient (Wildman–Crippen LogP) is 0.644.